The van der Waals surface area contributed by atoms with Gasteiger partial charge in [-0.1, -0.05) is 0 Å². The van der Waals surface area contributed by atoms with Gasteiger partial charge in [0, 0.05) is 36.5 Å². The number of nitrogens with zero attached hydrogens (tertiary/aromatic N) is 7. The van der Waals surface area contributed by atoms with Crippen LogP contribution in [0.25, 0.3) is 28.3 Å². The molecule has 5 aromatic rings. The van der Waals surface area contributed by atoms with Crippen LogP contribution in [-0.2, 0) is 17.8 Å². The molecule has 6 rings (SSSR count). The molecule has 1 aliphatic heterocycles. The number of pyridine rings is 1. The smallest absolute Gasteiger partial charge is 0.242 e. The zero-order valence-electron chi connectivity index (χ0n) is 20.8. The van der Waals surface area contributed by atoms with Gasteiger partial charge in [0.15, 0.2) is 11.4 Å². The monoisotopic (exact) mass is 527 g/mol. The largest absolute Gasteiger partial charge is 0.341 e. The standard InChI is InChI=1S/C28H23F2N7O2/c29-20-5-3-18(4-6-20)27-28(36(17-32-27)16-26(39)35-11-1-2-12-35)22-7-8-25-33-21(15-37(25)34-22)14-23(38)19-9-10-31-24(30)13-19/h3-10,13,15,17H,1-2,11-12,14,16H2. The Hall–Kier alpha value is -4.80. The highest BCUT2D eigenvalue weighted by molar-refractivity contribution is 5.97. The predicted molar refractivity (Wildman–Crippen MR) is 138 cm³/mol. The molecular formula is C28H23F2N7O2. The molecule has 1 saturated heterocycles. The zero-order valence-corrected chi connectivity index (χ0v) is 20.8. The number of amides is 1. The third-order valence-electron chi connectivity index (χ3n) is 6.72. The third-order valence-corrected chi connectivity index (χ3v) is 6.72. The molecule has 5 heterocycles. The zero-order chi connectivity index (χ0) is 26.9. The van der Waals surface area contributed by atoms with E-state index in [2.05, 4.69) is 15.0 Å². The van der Waals surface area contributed by atoms with E-state index < -0.39 is 5.95 Å². The Morgan fingerprint density at radius 2 is 1.74 bits per heavy atom. The Bertz CT molecular complexity index is 1690. The van der Waals surface area contributed by atoms with E-state index in [1.54, 1.807) is 45.9 Å². The number of benzene rings is 1. The molecule has 4 aromatic heterocycles. The highest BCUT2D eigenvalue weighted by Gasteiger charge is 2.23. The van der Waals surface area contributed by atoms with E-state index in [1.807, 2.05) is 4.90 Å². The second kappa shape index (κ2) is 10.2. The molecule has 0 unspecified atom stereocenters. The fraction of sp³-hybridized carbons (Fsp3) is 0.214. The normalized spacial score (nSPS) is 13.3. The average molecular weight is 528 g/mol. The Morgan fingerprint density at radius 1 is 0.949 bits per heavy atom. The van der Waals surface area contributed by atoms with Crippen LogP contribution in [0.1, 0.15) is 28.9 Å². The maximum Gasteiger partial charge on any atom is 0.242 e. The van der Waals surface area contributed by atoms with Gasteiger partial charge in [0.25, 0.3) is 0 Å². The summed E-state index contributed by atoms with van der Waals surface area (Å²) in [5.74, 6) is -1.39. The van der Waals surface area contributed by atoms with Crippen LogP contribution >= 0.6 is 0 Å². The van der Waals surface area contributed by atoms with Gasteiger partial charge in [0.1, 0.15) is 18.1 Å². The van der Waals surface area contributed by atoms with E-state index in [1.165, 1.54) is 24.4 Å². The van der Waals surface area contributed by atoms with Gasteiger partial charge in [-0.2, -0.15) is 9.49 Å². The molecule has 0 aliphatic carbocycles. The van der Waals surface area contributed by atoms with E-state index >= 15 is 0 Å². The fourth-order valence-electron chi connectivity index (χ4n) is 4.79. The number of imidazole rings is 2. The molecule has 0 saturated carbocycles. The molecule has 39 heavy (non-hydrogen) atoms. The van der Waals surface area contributed by atoms with Gasteiger partial charge in [-0.15, -0.1) is 0 Å². The lowest BCUT2D eigenvalue weighted by Crippen LogP contribution is -2.31. The molecule has 0 spiro atoms. The number of likely N-dealkylation sites (tertiary alicyclic amines) is 1. The number of aromatic nitrogens is 6. The van der Waals surface area contributed by atoms with E-state index in [0.29, 0.717) is 34.0 Å². The number of Topliss-reactive ketones (excluding diaryl/α,β-unsaturated/α-hetero) is 1. The van der Waals surface area contributed by atoms with Gasteiger partial charge in [-0.05, 0) is 55.3 Å². The maximum absolute atomic E-state index is 13.6. The molecule has 0 radical (unpaired) electrons. The van der Waals surface area contributed by atoms with Crippen LogP contribution in [0.4, 0.5) is 8.78 Å². The summed E-state index contributed by atoms with van der Waals surface area (Å²) < 4.78 is 30.4. The summed E-state index contributed by atoms with van der Waals surface area (Å²) in [6.07, 6.45) is 6.43. The van der Waals surface area contributed by atoms with Crippen molar-refractivity contribution in [3.8, 4) is 22.6 Å². The first-order chi connectivity index (χ1) is 18.9. The first kappa shape index (κ1) is 24.5. The lowest BCUT2D eigenvalue weighted by atomic mass is 10.1. The lowest BCUT2D eigenvalue weighted by Gasteiger charge is -2.17. The Balaban J connectivity index is 1.35. The van der Waals surface area contributed by atoms with Gasteiger partial charge in [0.05, 0.1) is 36.0 Å². The SMILES string of the molecule is O=C(Cc1cn2nc(-c3c(-c4ccc(F)cc4)ncn3CC(=O)N3CCCC3)ccc2n1)c1ccnc(F)c1. The van der Waals surface area contributed by atoms with Crippen molar-refractivity contribution in [1.82, 2.24) is 34.0 Å². The van der Waals surface area contributed by atoms with Gasteiger partial charge in [-0.3, -0.25) is 9.59 Å². The molecular weight excluding hydrogens is 504 g/mol. The van der Waals surface area contributed by atoms with Crippen LogP contribution in [0.3, 0.4) is 0 Å². The molecule has 0 atom stereocenters. The van der Waals surface area contributed by atoms with Crippen LogP contribution in [0.5, 0.6) is 0 Å². The predicted octanol–water partition coefficient (Wildman–Crippen LogP) is 3.98. The van der Waals surface area contributed by atoms with Gasteiger partial charge >= 0.3 is 0 Å². The molecule has 1 aliphatic rings. The van der Waals surface area contributed by atoms with Crippen LogP contribution in [0, 0.1) is 11.8 Å². The minimum atomic E-state index is -0.723. The van der Waals surface area contributed by atoms with Crippen molar-refractivity contribution >= 4 is 17.3 Å². The summed E-state index contributed by atoms with van der Waals surface area (Å²) in [5.41, 5.74) is 3.58. The van der Waals surface area contributed by atoms with Crippen molar-refractivity contribution in [1.29, 1.82) is 0 Å². The van der Waals surface area contributed by atoms with E-state index in [-0.39, 0.29) is 36.0 Å². The number of rotatable bonds is 7. The summed E-state index contributed by atoms with van der Waals surface area (Å²) in [7, 11) is 0. The quantitative estimate of drug-likeness (QED) is 0.235. The van der Waals surface area contributed by atoms with E-state index in [4.69, 9.17) is 5.10 Å². The van der Waals surface area contributed by atoms with Gasteiger partial charge in [0.2, 0.25) is 11.9 Å². The highest BCUT2D eigenvalue weighted by Crippen LogP contribution is 2.31. The van der Waals surface area contributed by atoms with Crippen molar-refractivity contribution in [2.75, 3.05) is 13.1 Å². The van der Waals surface area contributed by atoms with E-state index in [9.17, 15) is 18.4 Å². The number of halogens is 2. The first-order valence-corrected chi connectivity index (χ1v) is 12.5. The third kappa shape index (κ3) is 5.02. The molecule has 196 valence electrons. The molecule has 0 bridgehead atoms. The number of carbonyl (C=O) groups is 2. The topological polar surface area (TPSA) is 98.3 Å². The number of ketones is 1. The average Bonchev–Trinajstić information content (AvgIpc) is 3.69. The number of carbonyl (C=O) groups excluding carboxylic acids is 2. The van der Waals surface area contributed by atoms with Gasteiger partial charge < -0.3 is 9.47 Å². The van der Waals surface area contributed by atoms with Crippen molar-refractivity contribution in [3.63, 3.8) is 0 Å². The van der Waals surface area contributed by atoms with Crippen molar-refractivity contribution in [2.45, 2.75) is 25.8 Å². The number of fused-ring (bicyclic) bond motifs is 1. The Kier molecular flexibility index (Phi) is 6.39. The minimum absolute atomic E-state index is 0.00568. The summed E-state index contributed by atoms with van der Waals surface area (Å²) in [6, 6.07) is 12.1. The summed E-state index contributed by atoms with van der Waals surface area (Å²) in [6.45, 7) is 1.57. The molecule has 1 aromatic carbocycles. The maximum atomic E-state index is 13.6. The fourth-order valence-corrected chi connectivity index (χ4v) is 4.79. The summed E-state index contributed by atoms with van der Waals surface area (Å²) in [5, 5.41) is 4.71. The number of hydrogen-bond donors (Lipinski definition) is 0. The van der Waals surface area contributed by atoms with E-state index in [0.717, 1.165) is 32.0 Å². The van der Waals surface area contributed by atoms with Crippen molar-refractivity contribution in [2.24, 2.45) is 0 Å². The van der Waals surface area contributed by atoms with Gasteiger partial charge in [-0.25, -0.2) is 23.9 Å². The highest BCUT2D eigenvalue weighted by atomic mass is 19.1. The number of hydrogen-bond acceptors (Lipinski definition) is 6. The second-order valence-electron chi connectivity index (χ2n) is 9.39. The Labute approximate surface area is 221 Å². The minimum Gasteiger partial charge on any atom is -0.341 e. The second-order valence-corrected chi connectivity index (χ2v) is 9.39. The molecule has 1 fully saturated rings. The summed E-state index contributed by atoms with van der Waals surface area (Å²) in [4.78, 5) is 40.0. The van der Waals surface area contributed by atoms with Crippen LogP contribution < -0.4 is 0 Å². The van der Waals surface area contributed by atoms with Crippen LogP contribution in [0.2, 0.25) is 0 Å². The van der Waals surface area contributed by atoms with Crippen LogP contribution in [0.15, 0.2) is 67.3 Å². The van der Waals surface area contributed by atoms with Crippen LogP contribution in [-0.4, -0.2) is 58.8 Å². The van der Waals surface area contributed by atoms with Crippen molar-refractivity contribution in [3.05, 3.63) is 90.3 Å². The molecule has 9 nitrogen and oxygen atoms in total. The Morgan fingerprint density at radius 3 is 2.51 bits per heavy atom. The van der Waals surface area contributed by atoms with Crippen molar-refractivity contribution < 1.29 is 18.4 Å². The first-order valence-electron chi connectivity index (χ1n) is 12.5. The lowest BCUT2D eigenvalue weighted by molar-refractivity contribution is -0.130. The molecule has 11 heteroatoms. The summed E-state index contributed by atoms with van der Waals surface area (Å²) >= 11 is 0. The molecule has 1 amide bonds. The molecule has 0 N–H and O–H groups in total.